The summed E-state index contributed by atoms with van der Waals surface area (Å²) in [6, 6.07) is 9.65. The number of alkyl halides is 2. The van der Waals surface area contributed by atoms with E-state index in [0.717, 1.165) is 11.1 Å². The van der Waals surface area contributed by atoms with Crippen LogP contribution >= 0.6 is 11.8 Å². The third kappa shape index (κ3) is 5.77. The molecule has 1 unspecified atom stereocenters. The third-order valence-corrected chi connectivity index (χ3v) is 4.45. The standard InChI is InChI=1S/C18H21F2N3OS/c1-11(14-7-5-4-6-8-14)21-16(24)10-9-15-12(2)22-18(23-13(15)3)25-17(19)20/h4-8,11,17H,9-10H2,1-3H3,(H,21,24). The topological polar surface area (TPSA) is 54.9 Å². The molecule has 0 aliphatic carbocycles. The fourth-order valence-electron chi connectivity index (χ4n) is 2.58. The van der Waals surface area contributed by atoms with Gasteiger partial charge in [0, 0.05) is 17.8 Å². The van der Waals surface area contributed by atoms with Crippen LogP contribution in [0, 0.1) is 13.8 Å². The predicted octanol–water partition coefficient (Wildman–Crippen LogP) is 4.22. The number of halogens is 2. The molecule has 2 aromatic rings. The van der Waals surface area contributed by atoms with Gasteiger partial charge in [-0.2, -0.15) is 8.78 Å². The van der Waals surface area contributed by atoms with Gasteiger partial charge in [0.05, 0.1) is 6.04 Å². The molecule has 0 aliphatic rings. The van der Waals surface area contributed by atoms with Crippen LogP contribution in [0.3, 0.4) is 0 Å². The number of rotatable bonds is 7. The van der Waals surface area contributed by atoms with Gasteiger partial charge in [-0.25, -0.2) is 9.97 Å². The van der Waals surface area contributed by atoms with Crippen molar-refractivity contribution in [1.82, 2.24) is 15.3 Å². The number of thioether (sulfide) groups is 1. The van der Waals surface area contributed by atoms with Gasteiger partial charge in [0.2, 0.25) is 5.91 Å². The molecule has 0 bridgehead atoms. The number of aryl methyl sites for hydroxylation is 2. The number of nitrogens with one attached hydrogen (secondary N) is 1. The van der Waals surface area contributed by atoms with Crippen LogP contribution in [0.5, 0.6) is 0 Å². The summed E-state index contributed by atoms with van der Waals surface area (Å²) in [6.07, 6.45) is 0.772. The summed E-state index contributed by atoms with van der Waals surface area (Å²) in [6.45, 7) is 5.44. The normalized spacial score (nSPS) is 12.2. The quantitative estimate of drug-likeness (QED) is 0.590. The molecule has 134 valence electrons. The Morgan fingerprint density at radius 2 is 1.76 bits per heavy atom. The molecule has 0 radical (unpaired) electrons. The Bertz CT molecular complexity index is 703. The lowest BCUT2D eigenvalue weighted by atomic mass is 10.1. The third-order valence-electron chi connectivity index (χ3n) is 3.87. The molecule has 1 N–H and O–H groups in total. The zero-order chi connectivity index (χ0) is 18.4. The number of benzene rings is 1. The van der Waals surface area contributed by atoms with Crippen molar-refractivity contribution in [2.24, 2.45) is 0 Å². The monoisotopic (exact) mass is 365 g/mol. The summed E-state index contributed by atoms with van der Waals surface area (Å²) in [5, 5.41) is 3.03. The van der Waals surface area contributed by atoms with Crippen molar-refractivity contribution in [1.29, 1.82) is 0 Å². The molecule has 0 spiro atoms. The largest absolute Gasteiger partial charge is 0.350 e. The second kappa shape index (κ2) is 8.89. The van der Waals surface area contributed by atoms with Gasteiger partial charge in [0.25, 0.3) is 5.76 Å². The molecule has 1 aromatic carbocycles. The number of amides is 1. The van der Waals surface area contributed by atoms with Crippen LogP contribution in [0.1, 0.15) is 41.9 Å². The average molecular weight is 365 g/mol. The van der Waals surface area contributed by atoms with E-state index in [1.807, 2.05) is 37.3 Å². The summed E-state index contributed by atoms with van der Waals surface area (Å²) in [5.74, 6) is -2.61. The fraction of sp³-hybridized carbons (Fsp3) is 0.389. The van der Waals surface area contributed by atoms with Gasteiger partial charge in [-0.3, -0.25) is 4.79 Å². The summed E-state index contributed by atoms with van der Waals surface area (Å²) in [5.41, 5.74) is 3.15. The number of carbonyl (C=O) groups is 1. The highest BCUT2D eigenvalue weighted by Gasteiger charge is 2.15. The summed E-state index contributed by atoms with van der Waals surface area (Å²) in [4.78, 5) is 20.4. The van der Waals surface area contributed by atoms with Crippen LogP contribution in [0.2, 0.25) is 0 Å². The predicted molar refractivity (Wildman–Crippen MR) is 94.7 cm³/mol. The molecule has 0 fully saturated rings. The van der Waals surface area contributed by atoms with Gasteiger partial charge >= 0.3 is 0 Å². The van der Waals surface area contributed by atoms with Crippen molar-refractivity contribution >= 4 is 17.7 Å². The highest BCUT2D eigenvalue weighted by Crippen LogP contribution is 2.24. The lowest BCUT2D eigenvalue weighted by molar-refractivity contribution is -0.121. The minimum atomic E-state index is -2.55. The van der Waals surface area contributed by atoms with Crippen LogP contribution in [-0.4, -0.2) is 21.6 Å². The molecule has 4 nitrogen and oxygen atoms in total. The fourth-order valence-corrected chi connectivity index (χ4v) is 3.12. The Kier molecular flexibility index (Phi) is 6.87. The minimum absolute atomic E-state index is 0.0656. The Balaban J connectivity index is 1.95. The van der Waals surface area contributed by atoms with Gasteiger partial charge in [0.15, 0.2) is 5.16 Å². The van der Waals surface area contributed by atoms with E-state index in [2.05, 4.69) is 15.3 Å². The van der Waals surface area contributed by atoms with E-state index in [9.17, 15) is 13.6 Å². The Labute approximate surface area is 150 Å². The van der Waals surface area contributed by atoms with Crippen molar-refractivity contribution in [3.05, 3.63) is 52.8 Å². The second-order valence-electron chi connectivity index (χ2n) is 5.73. The molecule has 25 heavy (non-hydrogen) atoms. The smallest absolute Gasteiger partial charge is 0.291 e. The number of nitrogens with zero attached hydrogens (tertiary/aromatic N) is 2. The molecule has 2 rings (SSSR count). The number of carbonyl (C=O) groups excluding carboxylic acids is 1. The highest BCUT2D eigenvalue weighted by molar-refractivity contribution is 7.99. The molecule has 7 heteroatoms. The Morgan fingerprint density at radius 3 is 2.32 bits per heavy atom. The van der Waals surface area contributed by atoms with Gasteiger partial charge in [-0.1, -0.05) is 30.3 Å². The molecular formula is C18H21F2N3OS. The van der Waals surface area contributed by atoms with E-state index in [1.165, 1.54) is 0 Å². The minimum Gasteiger partial charge on any atom is -0.350 e. The molecular weight excluding hydrogens is 344 g/mol. The summed E-state index contributed by atoms with van der Waals surface area (Å²) >= 11 is 0.331. The highest BCUT2D eigenvalue weighted by atomic mass is 32.2. The zero-order valence-corrected chi connectivity index (χ0v) is 15.2. The van der Waals surface area contributed by atoms with Crippen LogP contribution in [0.4, 0.5) is 8.78 Å². The van der Waals surface area contributed by atoms with Crippen molar-refractivity contribution < 1.29 is 13.6 Å². The zero-order valence-electron chi connectivity index (χ0n) is 14.4. The van der Waals surface area contributed by atoms with E-state index >= 15 is 0 Å². The Hall–Kier alpha value is -2.02. The van der Waals surface area contributed by atoms with Crippen LogP contribution < -0.4 is 5.32 Å². The maximum atomic E-state index is 12.4. The van der Waals surface area contributed by atoms with Crippen molar-refractivity contribution in [3.63, 3.8) is 0 Å². The van der Waals surface area contributed by atoms with E-state index in [-0.39, 0.29) is 17.1 Å². The van der Waals surface area contributed by atoms with E-state index in [0.29, 0.717) is 36.0 Å². The second-order valence-corrected chi connectivity index (χ2v) is 6.69. The molecule has 0 saturated carbocycles. The Morgan fingerprint density at radius 1 is 1.16 bits per heavy atom. The van der Waals surface area contributed by atoms with Crippen molar-refractivity contribution in [2.45, 2.75) is 50.6 Å². The lowest BCUT2D eigenvalue weighted by Crippen LogP contribution is -2.27. The first-order valence-electron chi connectivity index (χ1n) is 8.00. The van der Waals surface area contributed by atoms with Crippen molar-refractivity contribution in [3.8, 4) is 0 Å². The van der Waals surface area contributed by atoms with Gasteiger partial charge in [0.1, 0.15) is 0 Å². The summed E-state index contributed by atoms with van der Waals surface area (Å²) < 4.78 is 24.9. The van der Waals surface area contributed by atoms with Gasteiger partial charge in [-0.15, -0.1) is 0 Å². The van der Waals surface area contributed by atoms with E-state index < -0.39 is 5.76 Å². The van der Waals surface area contributed by atoms with Gasteiger partial charge in [-0.05, 0) is 50.1 Å². The van der Waals surface area contributed by atoms with Gasteiger partial charge < -0.3 is 5.32 Å². The maximum Gasteiger partial charge on any atom is 0.291 e. The van der Waals surface area contributed by atoms with E-state index in [1.54, 1.807) is 13.8 Å². The number of hydrogen-bond donors (Lipinski definition) is 1. The average Bonchev–Trinajstić information content (AvgIpc) is 2.54. The maximum absolute atomic E-state index is 12.4. The molecule has 1 amide bonds. The summed E-state index contributed by atoms with van der Waals surface area (Å²) in [7, 11) is 0. The number of hydrogen-bond acceptors (Lipinski definition) is 4. The van der Waals surface area contributed by atoms with Crippen LogP contribution in [0.15, 0.2) is 35.5 Å². The first-order valence-corrected chi connectivity index (χ1v) is 8.88. The molecule has 1 atom stereocenters. The SMILES string of the molecule is Cc1nc(SC(F)F)nc(C)c1CCC(=O)NC(C)c1ccccc1. The van der Waals surface area contributed by atoms with Crippen LogP contribution in [0.25, 0.3) is 0 Å². The van der Waals surface area contributed by atoms with E-state index in [4.69, 9.17) is 0 Å². The lowest BCUT2D eigenvalue weighted by Gasteiger charge is -2.15. The molecule has 0 saturated heterocycles. The first kappa shape index (κ1) is 19.3. The number of aromatic nitrogens is 2. The van der Waals surface area contributed by atoms with Crippen LogP contribution in [-0.2, 0) is 11.2 Å². The molecule has 0 aliphatic heterocycles. The molecule has 1 aromatic heterocycles. The first-order chi connectivity index (χ1) is 11.9. The van der Waals surface area contributed by atoms with Crippen molar-refractivity contribution in [2.75, 3.05) is 0 Å². The molecule has 1 heterocycles.